The van der Waals surface area contributed by atoms with Gasteiger partial charge in [-0.05, 0) is 53.2 Å². The number of amides is 1. The molecular weight excluding hydrogens is 452 g/mol. The lowest BCUT2D eigenvalue weighted by Gasteiger charge is -2.17. The van der Waals surface area contributed by atoms with Crippen molar-refractivity contribution in [3.05, 3.63) is 51.4 Å². The van der Waals surface area contributed by atoms with E-state index in [-0.39, 0.29) is 11.4 Å². The summed E-state index contributed by atoms with van der Waals surface area (Å²) in [5.74, 6) is -0.119. The first-order valence-electron chi connectivity index (χ1n) is 6.83. The fourth-order valence-corrected chi connectivity index (χ4v) is 2.96. The zero-order valence-corrected chi connectivity index (χ0v) is 15.6. The average Bonchev–Trinajstić information content (AvgIpc) is 2.51. The number of hydrogen-bond acceptors (Lipinski definition) is 3. The lowest BCUT2D eigenvalue weighted by molar-refractivity contribution is -0.122. The molecule has 24 heavy (non-hydrogen) atoms. The Morgan fingerprint density at radius 2 is 1.79 bits per heavy atom. The molecule has 0 fully saturated rings. The van der Waals surface area contributed by atoms with E-state index in [9.17, 15) is 13.6 Å². The van der Waals surface area contributed by atoms with Crippen molar-refractivity contribution in [2.45, 2.75) is 19.6 Å². The molecule has 0 aromatic heterocycles. The van der Waals surface area contributed by atoms with Gasteiger partial charge in [0.15, 0.2) is 6.10 Å². The van der Waals surface area contributed by atoms with Crippen LogP contribution in [0, 0.1) is 0 Å². The van der Waals surface area contributed by atoms with Crippen molar-refractivity contribution < 1.29 is 23.0 Å². The monoisotopic (exact) mass is 463 g/mol. The first-order valence-corrected chi connectivity index (χ1v) is 8.42. The first kappa shape index (κ1) is 18.7. The molecular formula is C16H13Br2F2NO3. The SMILES string of the molecule is CC(Oc1ccc(Br)cc1Br)C(=O)Nc1ccccc1OC(F)F. The maximum atomic E-state index is 12.4. The number of halogens is 4. The molecule has 0 aliphatic heterocycles. The van der Waals surface area contributed by atoms with E-state index in [0.29, 0.717) is 10.2 Å². The van der Waals surface area contributed by atoms with E-state index in [1.807, 2.05) is 0 Å². The number of anilines is 1. The van der Waals surface area contributed by atoms with Crippen LogP contribution in [0.25, 0.3) is 0 Å². The Morgan fingerprint density at radius 1 is 1.08 bits per heavy atom. The largest absolute Gasteiger partial charge is 0.480 e. The van der Waals surface area contributed by atoms with Crippen LogP contribution in [0.4, 0.5) is 14.5 Å². The minimum absolute atomic E-state index is 0.113. The molecule has 0 radical (unpaired) electrons. The Hall–Kier alpha value is -1.67. The van der Waals surface area contributed by atoms with Gasteiger partial charge in [0.25, 0.3) is 5.91 Å². The third kappa shape index (κ3) is 5.17. The number of alkyl halides is 2. The summed E-state index contributed by atoms with van der Waals surface area (Å²) < 4.78 is 36.3. The van der Waals surface area contributed by atoms with E-state index >= 15 is 0 Å². The van der Waals surface area contributed by atoms with Crippen LogP contribution in [-0.2, 0) is 4.79 Å². The van der Waals surface area contributed by atoms with Gasteiger partial charge in [0, 0.05) is 4.47 Å². The molecule has 1 N–H and O–H groups in total. The van der Waals surface area contributed by atoms with Crippen LogP contribution in [0.1, 0.15) is 6.92 Å². The molecule has 2 aromatic rings. The van der Waals surface area contributed by atoms with Crippen molar-refractivity contribution in [3.8, 4) is 11.5 Å². The van der Waals surface area contributed by atoms with Gasteiger partial charge in [-0.2, -0.15) is 8.78 Å². The Balaban J connectivity index is 2.06. The number of ether oxygens (including phenoxy) is 2. The molecule has 0 aliphatic rings. The van der Waals surface area contributed by atoms with Crippen LogP contribution in [-0.4, -0.2) is 18.6 Å². The van der Waals surface area contributed by atoms with Gasteiger partial charge >= 0.3 is 6.61 Å². The van der Waals surface area contributed by atoms with Crippen molar-refractivity contribution in [2.75, 3.05) is 5.32 Å². The predicted octanol–water partition coefficient (Wildman–Crippen LogP) is 5.22. The highest BCUT2D eigenvalue weighted by Crippen LogP contribution is 2.30. The topological polar surface area (TPSA) is 47.6 Å². The molecule has 0 saturated heterocycles. The second kappa shape index (κ2) is 8.43. The Labute approximate surface area is 154 Å². The summed E-state index contributed by atoms with van der Waals surface area (Å²) in [5.41, 5.74) is 0.146. The van der Waals surface area contributed by atoms with Crippen LogP contribution in [0.15, 0.2) is 51.4 Å². The maximum absolute atomic E-state index is 12.4. The van der Waals surface area contributed by atoms with Crippen molar-refractivity contribution in [1.29, 1.82) is 0 Å². The van der Waals surface area contributed by atoms with E-state index in [1.54, 1.807) is 31.2 Å². The highest BCUT2D eigenvalue weighted by molar-refractivity contribution is 9.11. The van der Waals surface area contributed by atoms with Gasteiger partial charge in [0.2, 0.25) is 0 Å². The molecule has 0 heterocycles. The molecule has 0 saturated carbocycles. The van der Waals surface area contributed by atoms with Gasteiger partial charge in [-0.15, -0.1) is 0 Å². The fraction of sp³-hybridized carbons (Fsp3) is 0.188. The number of benzene rings is 2. The summed E-state index contributed by atoms with van der Waals surface area (Å²) in [6.07, 6.45) is -0.845. The van der Waals surface area contributed by atoms with Crippen molar-refractivity contribution in [2.24, 2.45) is 0 Å². The van der Waals surface area contributed by atoms with E-state index in [0.717, 1.165) is 4.47 Å². The zero-order valence-electron chi connectivity index (χ0n) is 12.4. The van der Waals surface area contributed by atoms with Gasteiger partial charge in [-0.1, -0.05) is 28.1 Å². The molecule has 1 atom stereocenters. The quantitative estimate of drug-likeness (QED) is 0.637. The third-order valence-corrected chi connectivity index (χ3v) is 4.04. The van der Waals surface area contributed by atoms with Gasteiger partial charge in [0.05, 0.1) is 10.2 Å². The maximum Gasteiger partial charge on any atom is 0.387 e. The van der Waals surface area contributed by atoms with Crippen molar-refractivity contribution in [1.82, 2.24) is 0 Å². The molecule has 0 aliphatic carbocycles. The zero-order chi connectivity index (χ0) is 17.7. The van der Waals surface area contributed by atoms with E-state index in [1.165, 1.54) is 18.2 Å². The third-order valence-electron chi connectivity index (χ3n) is 2.93. The number of para-hydroxylation sites is 2. The second-order valence-electron chi connectivity index (χ2n) is 4.70. The van der Waals surface area contributed by atoms with Gasteiger partial charge < -0.3 is 14.8 Å². The lowest BCUT2D eigenvalue weighted by atomic mass is 10.2. The number of carbonyl (C=O) groups is 1. The summed E-state index contributed by atoms with van der Waals surface area (Å²) in [6, 6.07) is 11.2. The van der Waals surface area contributed by atoms with E-state index in [2.05, 4.69) is 41.9 Å². The normalized spacial score (nSPS) is 11.9. The fourth-order valence-electron chi connectivity index (χ4n) is 1.82. The average molecular weight is 465 g/mol. The van der Waals surface area contributed by atoms with Gasteiger partial charge in [0.1, 0.15) is 11.5 Å². The minimum Gasteiger partial charge on any atom is -0.480 e. The molecule has 0 bridgehead atoms. The molecule has 4 nitrogen and oxygen atoms in total. The highest BCUT2D eigenvalue weighted by Gasteiger charge is 2.18. The van der Waals surface area contributed by atoms with Crippen LogP contribution in [0.3, 0.4) is 0 Å². The van der Waals surface area contributed by atoms with E-state index in [4.69, 9.17) is 4.74 Å². The van der Waals surface area contributed by atoms with Crippen LogP contribution < -0.4 is 14.8 Å². The molecule has 128 valence electrons. The molecule has 0 spiro atoms. The first-order chi connectivity index (χ1) is 11.4. The van der Waals surface area contributed by atoms with Crippen molar-refractivity contribution in [3.63, 3.8) is 0 Å². The molecule has 8 heteroatoms. The summed E-state index contributed by atoms with van der Waals surface area (Å²) in [7, 11) is 0. The van der Waals surface area contributed by atoms with Crippen LogP contribution in [0.2, 0.25) is 0 Å². The van der Waals surface area contributed by atoms with Crippen LogP contribution >= 0.6 is 31.9 Å². The standard InChI is InChI=1S/C16H13Br2F2NO3/c1-9(23-13-7-6-10(17)8-11(13)18)15(22)21-12-4-2-3-5-14(12)24-16(19)20/h2-9,16H,1H3,(H,21,22). The summed E-state index contributed by atoms with van der Waals surface area (Å²) in [5, 5.41) is 2.52. The van der Waals surface area contributed by atoms with Gasteiger partial charge in [-0.3, -0.25) is 4.79 Å². The number of nitrogens with one attached hydrogen (secondary N) is 1. The lowest BCUT2D eigenvalue weighted by Crippen LogP contribution is -2.30. The Bertz CT molecular complexity index is 728. The number of rotatable bonds is 6. The number of hydrogen-bond donors (Lipinski definition) is 1. The molecule has 2 rings (SSSR count). The predicted molar refractivity (Wildman–Crippen MR) is 93.6 cm³/mol. The summed E-state index contributed by atoms with van der Waals surface area (Å²) in [6.45, 7) is -1.42. The van der Waals surface area contributed by atoms with Crippen molar-refractivity contribution >= 4 is 43.5 Å². The smallest absolute Gasteiger partial charge is 0.387 e. The summed E-state index contributed by atoms with van der Waals surface area (Å²) in [4.78, 5) is 12.2. The van der Waals surface area contributed by atoms with E-state index < -0.39 is 18.6 Å². The Morgan fingerprint density at radius 3 is 2.46 bits per heavy atom. The van der Waals surface area contributed by atoms with Gasteiger partial charge in [-0.25, -0.2) is 0 Å². The molecule has 1 unspecified atom stereocenters. The highest BCUT2D eigenvalue weighted by atomic mass is 79.9. The van der Waals surface area contributed by atoms with Crippen LogP contribution in [0.5, 0.6) is 11.5 Å². The summed E-state index contributed by atoms with van der Waals surface area (Å²) >= 11 is 6.66. The molecule has 1 amide bonds. The Kier molecular flexibility index (Phi) is 6.56. The minimum atomic E-state index is -2.98. The second-order valence-corrected chi connectivity index (χ2v) is 6.47. The number of carbonyl (C=O) groups excluding carboxylic acids is 1. The molecule has 2 aromatic carbocycles.